The van der Waals surface area contributed by atoms with E-state index < -0.39 is 0 Å². The number of hydrogen-bond donors (Lipinski definition) is 1. The van der Waals surface area contributed by atoms with Gasteiger partial charge in [0.05, 0.1) is 18.3 Å². The summed E-state index contributed by atoms with van der Waals surface area (Å²) >= 11 is 0. The molecule has 2 aliphatic rings. The van der Waals surface area contributed by atoms with Crippen molar-refractivity contribution >= 4 is 11.7 Å². The molecule has 8 heteroatoms. The van der Waals surface area contributed by atoms with Gasteiger partial charge in [-0.25, -0.2) is 9.97 Å². The number of anilines is 1. The van der Waals surface area contributed by atoms with Crippen LogP contribution in [0.4, 0.5) is 5.82 Å². The van der Waals surface area contributed by atoms with Gasteiger partial charge >= 0.3 is 0 Å². The van der Waals surface area contributed by atoms with E-state index in [2.05, 4.69) is 33.1 Å². The second-order valence-corrected chi connectivity index (χ2v) is 8.30. The number of ether oxygens (including phenoxy) is 1. The number of hydrogen-bond acceptors (Lipinski definition) is 6. The highest BCUT2D eigenvalue weighted by molar-refractivity contribution is 5.93. The van der Waals surface area contributed by atoms with Crippen LogP contribution in [0.1, 0.15) is 18.4 Å². The Bertz CT molecular complexity index is 1150. The molecule has 1 aromatic carbocycles. The van der Waals surface area contributed by atoms with E-state index in [1.807, 2.05) is 29.1 Å². The molecule has 0 atom stereocenters. The van der Waals surface area contributed by atoms with Crippen LogP contribution in [-0.2, 0) is 11.3 Å². The fourth-order valence-electron chi connectivity index (χ4n) is 4.50. The SMILES string of the molecule is C#CC(=O)N1CC2(CC(Oc3ncnc(N)c3-c3cnn(Cc4ccccc4)c3)C2)C1. The molecule has 31 heavy (non-hydrogen) atoms. The van der Waals surface area contributed by atoms with Gasteiger partial charge in [-0.1, -0.05) is 30.3 Å². The number of carbonyl (C=O) groups excluding carboxylic acids is 1. The van der Waals surface area contributed by atoms with Gasteiger partial charge in [0.15, 0.2) is 0 Å². The predicted molar refractivity (Wildman–Crippen MR) is 115 cm³/mol. The minimum Gasteiger partial charge on any atom is -0.474 e. The molecule has 0 radical (unpaired) electrons. The zero-order chi connectivity index (χ0) is 21.4. The first-order valence-electron chi connectivity index (χ1n) is 10.1. The van der Waals surface area contributed by atoms with E-state index in [-0.39, 0.29) is 17.4 Å². The van der Waals surface area contributed by atoms with Crippen LogP contribution in [0.25, 0.3) is 11.1 Å². The van der Waals surface area contributed by atoms with E-state index >= 15 is 0 Å². The van der Waals surface area contributed by atoms with Gasteiger partial charge in [-0.15, -0.1) is 6.42 Å². The summed E-state index contributed by atoms with van der Waals surface area (Å²) in [5.41, 5.74) is 8.92. The second kappa shape index (κ2) is 7.43. The first-order valence-corrected chi connectivity index (χ1v) is 10.1. The molecule has 1 amide bonds. The number of nitrogens with two attached hydrogens (primary N) is 1. The number of likely N-dealkylation sites (tertiary alicyclic amines) is 1. The fraction of sp³-hybridized carbons (Fsp3) is 0.304. The van der Waals surface area contributed by atoms with Crippen LogP contribution in [0.5, 0.6) is 5.88 Å². The maximum absolute atomic E-state index is 11.6. The lowest BCUT2D eigenvalue weighted by Gasteiger charge is -2.57. The molecule has 3 aromatic rings. The van der Waals surface area contributed by atoms with Crippen LogP contribution >= 0.6 is 0 Å². The largest absolute Gasteiger partial charge is 0.474 e. The molecule has 1 saturated heterocycles. The molecule has 156 valence electrons. The van der Waals surface area contributed by atoms with Crippen molar-refractivity contribution in [3.63, 3.8) is 0 Å². The third-order valence-corrected chi connectivity index (χ3v) is 6.01. The highest BCUT2D eigenvalue weighted by Gasteiger charge is 2.54. The summed E-state index contributed by atoms with van der Waals surface area (Å²) in [5.74, 6) is 2.74. The topological polar surface area (TPSA) is 99.2 Å². The fourth-order valence-corrected chi connectivity index (χ4v) is 4.50. The summed E-state index contributed by atoms with van der Waals surface area (Å²) in [6, 6.07) is 10.1. The predicted octanol–water partition coefficient (Wildman–Crippen LogP) is 1.97. The highest BCUT2D eigenvalue weighted by Crippen LogP contribution is 2.50. The Hall–Kier alpha value is -3.86. The van der Waals surface area contributed by atoms with Gasteiger partial charge in [0, 0.05) is 30.3 Å². The van der Waals surface area contributed by atoms with Gasteiger partial charge in [-0.2, -0.15) is 5.10 Å². The minimum absolute atomic E-state index is 0.0236. The number of nitrogen functional groups attached to an aromatic ring is 1. The number of terminal acetylenes is 1. The van der Waals surface area contributed by atoms with Crippen molar-refractivity contribution in [2.24, 2.45) is 5.41 Å². The second-order valence-electron chi connectivity index (χ2n) is 8.30. The Morgan fingerprint density at radius 1 is 1.26 bits per heavy atom. The molecule has 2 N–H and O–H groups in total. The Kier molecular flexibility index (Phi) is 4.59. The Labute approximate surface area is 180 Å². The van der Waals surface area contributed by atoms with Crippen LogP contribution in [0.15, 0.2) is 49.1 Å². The number of benzene rings is 1. The molecule has 3 heterocycles. The average molecular weight is 414 g/mol. The molecule has 1 spiro atoms. The molecule has 0 unspecified atom stereocenters. The molecule has 0 bridgehead atoms. The Morgan fingerprint density at radius 3 is 2.77 bits per heavy atom. The van der Waals surface area contributed by atoms with Crippen molar-refractivity contribution in [2.75, 3.05) is 18.8 Å². The third-order valence-electron chi connectivity index (χ3n) is 6.01. The summed E-state index contributed by atoms with van der Waals surface area (Å²) in [5, 5.41) is 4.46. The molecule has 1 aliphatic heterocycles. The van der Waals surface area contributed by atoms with Gasteiger partial charge in [-0.05, 0) is 24.3 Å². The molecule has 2 fully saturated rings. The quantitative estimate of drug-likeness (QED) is 0.641. The summed E-state index contributed by atoms with van der Waals surface area (Å²) in [6.07, 6.45) is 12.0. The van der Waals surface area contributed by atoms with E-state index in [1.54, 1.807) is 11.1 Å². The minimum atomic E-state index is -0.242. The van der Waals surface area contributed by atoms with Crippen molar-refractivity contribution < 1.29 is 9.53 Å². The number of amides is 1. The number of nitrogens with zero attached hydrogens (tertiary/aromatic N) is 5. The first-order chi connectivity index (χ1) is 15.0. The maximum atomic E-state index is 11.6. The van der Waals surface area contributed by atoms with Crippen LogP contribution < -0.4 is 10.5 Å². The van der Waals surface area contributed by atoms with Crippen LogP contribution in [0.2, 0.25) is 0 Å². The monoisotopic (exact) mass is 414 g/mol. The zero-order valence-electron chi connectivity index (χ0n) is 16.9. The lowest BCUT2D eigenvalue weighted by atomic mass is 9.61. The summed E-state index contributed by atoms with van der Waals surface area (Å²) < 4.78 is 8.04. The van der Waals surface area contributed by atoms with Gasteiger partial charge in [-0.3, -0.25) is 9.48 Å². The van der Waals surface area contributed by atoms with Crippen molar-refractivity contribution in [1.29, 1.82) is 0 Å². The Balaban J connectivity index is 1.28. The molecule has 5 rings (SSSR count). The zero-order valence-corrected chi connectivity index (χ0v) is 16.9. The summed E-state index contributed by atoms with van der Waals surface area (Å²) in [7, 11) is 0. The van der Waals surface area contributed by atoms with E-state index in [9.17, 15) is 4.79 Å². The first kappa shape index (κ1) is 19.1. The Morgan fingerprint density at radius 2 is 2.03 bits per heavy atom. The average Bonchev–Trinajstić information content (AvgIpc) is 3.17. The highest BCUT2D eigenvalue weighted by atomic mass is 16.5. The maximum Gasteiger partial charge on any atom is 0.298 e. The molecule has 8 nitrogen and oxygen atoms in total. The van der Waals surface area contributed by atoms with Crippen molar-refractivity contribution in [2.45, 2.75) is 25.5 Å². The normalized spacial score (nSPS) is 16.9. The number of aromatic nitrogens is 4. The summed E-state index contributed by atoms with van der Waals surface area (Å²) in [6.45, 7) is 2.05. The van der Waals surface area contributed by atoms with Gasteiger partial charge in [0.2, 0.25) is 5.88 Å². The van der Waals surface area contributed by atoms with Gasteiger partial charge < -0.3 is 15.4 Å². The van der Waals surface area contributed by atoms with Crippen LogP contribution in [-0.4, -0.2) is 49.7 Å². The molecular formula is C23H22N6O2. The molecule has 1 aliphatic carbocycles. The summed E-state index contributed by atoms with van der Waals surface area (Å²) in [4.78, 5) is 21.7. The third kappa shape index (κ3) is 3.59. The molecule has 1 saturated carbocycles. The van der Waals surface area contributed by atoms with Gasteiger partial charge in [0.1, 0.15) is 18.2 Å². The molecular weight excluding hydrogens is 392 g/mol. The van der Waals surface area contributed by atoms with Crippen molar-refractivity contribution in [3.8, 4) is 29.4 Å². The number of carbonyl (C=O) groups is 1. The smallest absolute Gasteiger partial charge is 0.298 e. The lowest BCUT2D eigenvalue weighted by molar-refractivity contribution is -0.154. The van der Waals surface area contributed by atoms with Crippen LogP contribution in [0, 0.1) is 17.8 Å². The van der Waals surface area contributed by atoms with E-state index in [1.165, 1.54) is 6.33 Å². The van der Waals surface area contributed by atoms with Crippen molar-refractivity contribution in [1.82, 2.24) is 24.6 Å². The van der Waals surface area contributed by atoms with E-state index in [0.717, 1.165) is 24.0 Å². The lowest BCUT2D eigenvalue weighted by Crippen LogP contribution is -2.65. The van der Waals surface area contributed by atoms with E-state index in [0.29, 0.717) is 36.9 Å². The van der Waals surface area contributed by atoms with Crippen molar-refractivity contribution in [3.05, 3.63) is 54.6 Å². The van der Waals surface area contributed by atoms with Gasteiger partial charge in [0.25, 0.3) is 5.91 Å². The van der Waals surface area contributed by atoms with E-state index in [4.69, 9.17) is 16.9 Å². The van der Waals surface area contributed by atoms with Crippen LogP contribution in [0.3, 0.4) is 0 Å². The standard InChI is InChI=1S/C23H22N6O2/c1-2-19(30)28-13-23(14-28)8-18(9-23)31-22-20(21(24)25-15-26-22)17-10-27-29(12-17)11-16-6-4-3-5-7-16/h1,3-7,10,12,15,18H,8-9,11,13-14H2,(H2,24,25,26). The molecule has 2 aromatic heterocycles. The number of rotatable bonds is 5.